The highest BCUT2D eigenvalue weighted by atomic mass is 32.1. The lowest BCUT2D eigenvalue weighted by Gasteiger charge is -2.23. The average Bonchev–Trinajstić information content (AvgIpc) is 3.36. The molecule has 0 N–H and O–H groups in total. The van der Waals surface area contributed by atoms with E-state index in [1.807, 2.05) is 60.4 Å². The summed E-state index contributed by atoms with van der Waals surface area (Å²) in [7, 11) is 0. The molecule has 0 radical (unpaired) electrons. The van der Waals surface area contributed by atoms with Crippen molar-refractivity contribution in [1.82, 2.24) is 9.97 Å². The molecule has 6 heteroatoms. The number of aromatic nitrogens is 2. The van der Waals surface area contributed by atoms with Crippen LogP contribution in [0, 0.1) is 6.92 Å². The monoisotopic (exact) mass is 399 g/mol. The first-order valence-electron chi connectivity index (χ1n) is 9.53. The number of nitrogens with zero attached hydrogens (tertiary/aromatic N) is 3. The number of amides is 1. The zero-order chi connectivity index (χ0) is 19.6. The van der Waals surface area contributed by atoms with E-state index in [-0.39, 0.29) is 5.91 Å². The van der Waals surface area contributed by atoms with Gasteiger partial charge < -0.3 is 9.64 Å². The molecule has 2 aromatic heterocycles. The third kappa shape index (κ3) is 2.23. The van der Waals surface area contributed by atoms with Crippen LogP contribution in [-0.4, -0.2) is 22.5 Å². The summed E-state index contributed by atoms with van der Waals surface area (Å²) < 4.78 is 7.16. The van der Waals surface area contributed by atoms with Crippen molar-refractivity contribution in [3.8, 4) is 5.75 Å². The van der Waals surface area contributed by atoms with Crippen LogP contribution in [0.15, 0.2) is 60.8 Å². The molecule has 0 saturated carbocycles. The zero-order valence-electron chi connectivity index (χ0n) is 15.8. The zero-order valence-corrected chi connectivity index (χ0v) is 16.6. The number of benzene rings is 2. The molecule has 0 bridgehead atoms. The van der Waals surface area contributed by atoms with Crippen molar-refractivity contribution in [2.45, 2.75) is 18.9 Å². The summed E-state index contributed by atoms with van der Waals surface area (Å²) in [5.41, 5.74) is 3.84. The van der Waals surface area contributed by atoms with Crippen LogP contribution in [0.25, 0.3) is 10.2 Å². The molecule has 1 unspecified atom stereocenters. The van der Waals surface area contributed by atoms with Crippen molar-refractivity contribution < 1.29 is 9.53 Å². The number of aryl methyl sites for hydroxylation is 1. The third-order valence-corrected chi connectivity index (χ3v) is 6.75. The second-order valence-corrected chi connectivity index (χ2v) is 8.71. The average molecular weight is 399 g/mol. The van der Waals surface area contributed by atoms with Gasteiger partial charge in [0.05, 0.1) is 27.5 Å². The minimum atomic E-state index is -0.813. The van der Waals surface area contributed by atoms with Crippen LogP contribution in [0.4, 0.5) is 5.69 Å². The Bertz CT molecular complexity index is 1280. The quantitative estimate of drug-likeness (QED) is 0.506. The number of pyridine rings is 1. The topological polar surface area (TPSA) is 55.3 Å². The Balaban J connectivity index is 1.54. The number of para-hydroxylation sites is 1. The molecule has 6 rings (SSSR count). The summed E-state index contributed by atoms with van der Waals surface area (Å²) in [6.07, 6.45) is 1.76. The van der Waals surface area contributed by atoms with E-state index in [2.05, 4.69) is 16.0 Å². The van der Waals surface area contributed by atoms with Crippen LogP contribution >= 0.6 is 11.3 Å². The van der Waals surface area contributed by atoms with Gasteiger partial charge in [0.1, 0.15) is 17.8 Å². The fourth-order valence-electron chi connectivity index (χ4n) is 4.52. The van der Waals surface area contributed by atoms with Gasteiger partial charge in [0, 0.05) is 23.5 Å². The molecule has 142 valence electrons. The van der Waals surface area contributed by atoms with Gasteiger partial charge in [-0.1, -0.05) is 24.3 Å². The lowest BCUT2D eigenvalue weighted by atomic mass is 9.77. The van der Waals surface area contributed by atoms with Gasteiger partial charge in [-0.3, -0.25) is 9.78 Å². The minimum Gasteiger partial charge on any atom is -0.491 e. The molecule has 1 atom stereocenters. The molecule has 29 heavy (non-hydrogen) atoms. The Hall–Kier alpha value is -3.25. The Morgan fingerprint density at radius 1 is 1.14 bits per heavy atom. The van der Waals surface area contributed by atoms with Crippen molar-refractivity contribution in [1.29, 1.82) is 0 Å². The predicted octanol–water partition coefficient (Wildman–Crippen LogP) is 4.23. The highest BCUT2D eigenvalue weighted by Crippen LogP contribution is 2.53. The minimum absolute atomic E-state index is 0.0451. The maximum absolute atomic E-state index is 13.9. The summed E-state index contributed by atoms with van der Waals surface area (Å²) in [6, 6.07) is 17.9. The maximum atomic E-state index is 13.9. The first kappa shape index (κ1) is 16.7. The van der Waals surface area contributed by atoms with Crippen molar-refractivity contribution in [3.63, 3.8) is 0 Å². The number of hydrogen-bond donors (Lipinski definition) is 0. The van der Waals surface area contributed by atoms with E-state index in [0.29, 0.717) is 13.2 Å². The molecule has 0 saturated heterocycles. The number of hydrogen-bond acceptors (Lipinski definition) is 5. The highest BCUT2D eigenvalue weighted by molar-refractivity contribution is 7.18. The predicted molar refractivity (Wildman–Crippen MR) is 113 cm³/mol. The SMILES string of the molecule is Cc1nc2cc3c(cc2s1)C1(CO3)C(=O)N(Cc2ccccn2)c2ccccc21. The summed E-state index contributed by atoms with van der Waals surface area (Å²) >= 11 is 1.64. The van der Waals surface area contributed by atoms with Gasteiger partial charge in [-0.05, 0) is 36.8 Å². The number of anilines is 1. The Kier molecular flexibility index (Phi) is 3.38. The highest BCUT2D eigenvalue weighted by Gasteiger charge is 2.57. The lowest BCUT2D eigenvalue weighted by Crippen LogP contribution is -2.42. The normalized spacial score (nSPS) is 19.6. The standard InChI is InChI=1S/C23H17N3O2S/c1-14-25-18-11-20-17(10-21(18)29-14)23(13-28-20)16-7-2-3-8-19(16)26(22(23)27)12-15-6-4-5-9-24-15/h2-11H,12-13H2,1H3. The molecule has 0 fully saturated rings. The largest absolute Gasteiger partial charge is 0.491 e. The van der Waals surface area contributed by atoms with Crippen LogP contribution in [-0.2, 0) is 16.8 Å². The van der Waals surface area contributed by atoms with Crippen LogP contribution < -0.4 is 9.64 Å². The van der Waals surface area contributed by atoms with E-state index in [9.17, 15) is 4.79 Å². The number of rotatable bonds is 2. The number of carbonyl (C=O) groups excluding carboxylic acids is 1. The van der Waals surface area contributed by atoms with Gasteiger partial charge in [-0.2, -0.15) is 0 Å². The molecule has 0 aliphatic carbocycles. The molecule has 2 aliphatic rings. The van der Waals surface area contributed by atoms with E-state index in [1.165, 1.54) is 0 Å². The summed E-state index contributed by atoms with van der Waals surface area (Å²) in [5.74, 6) is 0.800. The van der Waals surface area contributed by atoms with Crippen LogP contribution in [0.3, 0.4) is 0 Å². The Morgan fingerprint density at radius 2 is 2.00 bits per heavy atom. The molecule has 1 spiro atoms. The summed E-state index contributed by atoms with van der Waals surface area (Å²) in [5, 5.41) is 1.01. The second kappa shape index (κ2) is 5.87. The van der Waals surface area contributed by atoms with Gasteiger partial charge in [-0.25, -0.2) is 4.98 Å². The van der Waals surface area contributed by atoms with Gasteiger partial charge in [-0.15, -0.1) is 11.3 Å². The molecule has 4 aromatic rings. The van der Waals surface area contributed by atoms with E-state index in [0.717, 1.165) is 43.5 Å². The number of fused-ring (bicyclic) bond motifs is 5. The molecular formula is C23H17N3O2S. The van der Waals surface area contributed by atoms with Gasteiger partial charge >= 0.3 is 0 Å². The van der Waals surface area contributed by atoms with Crippen molar-refractivity contribution >= 4 is 33.1 Å². The Morgan fingerprint density at radius 3 is 2.86 bits per heavy atom. The number of thiazole rings is 1. The van der Waals surface area contributed by atoms with Gasteiger partial charge in [0.2, 0.25) is 5.91 Å². The fraction of sp³-hybridized carbons (Fsp3) is 0.174. The third-order valence-electron chi connectivity index (χ3n) is 5.81. The first-order chi connectivity index (χ1) is 14.2. The Labute approximate surface area is 171 Å². The molecular weight excluding hydrogens is 382 g/mol. The number of ether oxygens (including phenoxy) is 1. The van der Waals surface area contributed by atoms with E-state index in [4.69, 9.17) is 4.74 Å². The summed E-state index contributed by atoms with van der Waals surface area (Å²) in [6.45, 7) is 2.75. The van der Waals surface area contributed by atoms with E-state index >= 15 is 0 Å². The van der Waals surface area contributed by atoms with Crippen molar-refractivity contribution in [2.24, 2.45) is 0 Å². The molecule has 1 amide bonds. The summed E-state index contributed by atoms with van der Waals surface area (Å²) in [4.78, 5) is 24.7. The van der Waals surface area contributed by atoms with E-state index < -0.39 is 5.41 Å². The van der Waals surface area contributed by atoms with Gasteiger partial charge in [0.15, 0.2) is 0 Å². The maximum Gasteiger partial charge on any atom is 0.246 e. The van der Waals surface area contributed by atoms with Crippen LogP contribution in [0.5, 0.6) is 5.75 Å². The molecule has 5 nitrogen and oxygen atoms in total. The first-order valence-corrected chi connectivity index (χ1v) is 10.3. The second-order valence-electron chi connectivity index (χ2n) is 7.47. The van der Waals surface area contributed by atoms with Crippen LogP contribution in [0.1, 0.15) is 21.8 Å². The fourth-order valence-corrected chi connectivity index (χ4v) is 5.37. The molecule has 2 aliphatic heterocycles. The van der Waals surface area contributed by atoms with E-state index in [1.54, 1.807) is 17.5 Å². The van der Waals surface area contributed by atoms with Gasteiger partial charge in [0.25, 0.3) is 0 Å². The smallest absolute Gasteiger partial charge is 0.246 e. The van der Waals surface area contributed by atoms with Crippen LogP contribution in [0.2, 0.25) is 0 Å². The molecule has 2 aromatic carbocycles. The van der Waals surface area contributed by atoms with Crippen molar-refractivity contribution in [3.05, 3.63) is 82.6 Å². The number of carbonyl (C=O) groups is 1. The molecule has 4 heterocycles. The lowest BCUT2D eigenvalue weighted by molar-refractivity contribution is -0.122. The van der Waals surface area contributed by atoms with Crippen molar-refractivity contribution in [2.75, 3.05) is 11.5 Å².